The number of nitrogens with zero attached hydrogens (tertiary/aromatic N) is 3. The monoisotopic (exact) mass is 363 g/mol. The summed E-state index contributed by atoms with van der Waals surface area (Å²) in [5.41, 5.74) is 6.34. The molecule has 0 radical (unpaired) electrons. The van der Waals surface area contributed by atoms with Crippen LogP contribution in [-0.2, 0) is 6.42 Å². The van der Waals surface area contributed by atoms with E-state index in [1.54, 1.807) is 0 Å². The summed E-state index contributed by atoms with van der Waals surface area (Å²) in [4.78, 5) is 6.96. The minimum atomic E-state index is 0.514. The summed E-state index contributed by atoms with van der Waals surface area (Å²) >= 11 is 6.35. The van der Waals surface area contributed by atoms with Gasteiger partial charge in [0, 0.05) is 52.7 Å². The van der Waals surface area contributed by atoms with Crippen molar-refractivity contribution in [3.63, 3.8) is 0 Å². The van der Waals surface area contributed by atoms with Gasteiger partial charge in [-0.3, -0.25) is 9.88 Å². The van der Waals surface area contributed by atoms with Gasteiger partial charge in [0.05, 0.1) is 5.52 Å². The Kier molecular flexibility index (Phi) is 3.70. The molecule has 2 unspecified atom stereocenters. The van der Waals surface area contributed by atoms with Crippen LogP contribution in [0.25, 0.3) is 23.2 Å². The lowest BCUT2D eigenvalue weighted by Crippen LogP contribution is -2.34. The third-order valence-electron chi connectivity index (χ3n) is 6.06. The highest BCUT2D eigenvalue weighted by Crippen LogP contribution is 2.47. The summed E-state index contributed by atoms with van der Waals surface area (Å²) in [5.74, 6) is 0. The molecule has 3 aromatic rings. The van der Waals surface area contributed by atoms with Gasteiger partial charge in [0.1, 0.15) is 0 Å². The van der Waals surface area contributed by atoms with Gasteiger partial charge in [-0.05, 0) is 68.3 Å². The van der Waals surface area contributed by atoms with Crippen molar-refractivity contribution in [2.24, 2.45) is 0 Å². The number of pyridine rings is 1. The molecule has 2 atom stereocenters. The predicted molar refractivity (Wildman–Crippen MR) is 108 cm³/mol. The molecular formula is C22H22ClN3. The molecule has 2 aliphatic heterocycles. The summed E-state index contributed by atoms with van der Waals surface area (Å²) in [7, 11) is 2.27. The zero-order valence-corrected chi connectivity index (χ0v) is 15.9. The minimum absolute atomic E-state index is 0.514. The van der Waals surface area contributed by atoms with Crippen LogP contribution in [-0.4, -0.2) is 27.5 Å². The van der Waals surface area contributed by atoms with E-state index in [9.17, 15) is 0 Å². The number of rotatable bonds is 2. The topological polar surface area (TPSA) is 21.1 Å². The fourth-order valence-corrected chi connectivity index (χ4v) is 4.85. The number of benzene rings is 1. The Balaban J connectivity index is 1.68. The van der Waals surface area contributed by atoms with Gasteiger partial charge in [-0.25, -0.2) is 0 Å². The number of hydrogen-bond donors (Lipinski definition) is 0. The standard InChI is InChI=1S/C22H22ClN3/c1-14-3-4-15(13-24-14)9-10-26-19-7-5-16(23)11-18(19)22-20-8-6-17(25(20)2)12-21(22)26/h3-5,7,9-11,13,17,20H,6,8,12H2,1-2H3. The smallest absolute Gasteiger partial charge is 0.0529 e. The van der Waals surface area contributed by atoms with Crippen molar-refractivity contribution in [2.45, 2.75) is 38.3 Å². The Morgan fingerprint density at radius 3 is 2.88 bits per heavy atom. The van der Waals surface area contributed by atoms with E-state index in [4.69, 9.17) is 11.6 Å². The van der Waals surface area contributed by atoms with Crippen molar-refractivity contribution in [1.29, 1.82) is 0 Å². The molecule has 0 spiro atoms. The Hall–Kier alpha value is -2.10. The second-order valence-electron chi connectivity index (χ2n) is 7.56. The van der Waals surface area contributed by atoms with Gasteiger partial charge < -0.3 is 4.57 Å². The summed E-state index contributed by atoms with van der Waals surface area (Å²) in [6.45, 7) is 2.01. The first-order valence-electron chi connectivity index (χ1n) is 9.27. The maximum absolute atomic E-state index is 6.35. The third-order valence-corrected chi connectivity index (χ3v) is 6.30. The SMILES string of the molecule is Cc1ccc(C=Cn2c3c(c4cc(Cl)ccc42)C2CCC(C3)N2C)cn1. The predicted octanol–water partition coefficient (Wildman–Crippen LogP) is 5.32. The normalized spacial score (nSPS) is 22.4. The highest BCUT2D eigenvalue weighted by atomic mass is 35.5. The van der Waals surface area contributed by atoms with Gasteiger partial charge in [-0.15, -0.1) is 0 Å². The van der Waals surface area contributed by atoms with Crippen LogP contribution in [0, 0.1) is 6.92 Å². The molecule has 0 saturated carbocycles. The second-order valence-corrected chi connectivity index (χ2v) is 7.99. The molecule has 4 heteroatoms. The Morgan fingerprint density at radius 2 is 2.08 bits per heavy atom. The van der Waals surface area contributed by atoms with Crippen molar-refractivity contribution in [2.75, 3.05) is 7.05 Å². The van der Waals surface area contributed by atoms with Crippen molar-refractivity contribution < 1.29 is 0 Å². The van der Waals surface area contributed by atoms with E-state index in [0.29, 0.717) is 12.1 Å². The molecule has 2 bridgehead atoms. The molecule has 5 rings (SSSR count). The van der Waals surface area contributed by atoms with Gasteiger partial charge in [-0.2, -0.15) is 0 Å². The number of aromatic nitrogens is 2. The Labute approximate surface area is 158 Å². The summed E-state index contributed by atoms with van der Waals surface area (Å²) < 4.78 is 2.37. The molecule has 0 amide bonds. The van der Waals surface area contributed by atoms with Crippen LogP contribution in [0.3, 0.4) is 0 Å². The molecule has 0 aliphatic carbocycles. The third kappa shape index (κ3) is 2.42. The maximum atomic E-state index is 6.35. The van der Waals surface area contributed by atoms with E-state index in [1.165, 1.54) is 35.0 Å². The summed E-state index contributed by atoms with van der Waals surface area (Å²) in [6, 6.07) is 11.6. The molecule has 1 saturated heterocycles. The van der Waals surface area contributed by atoms with E-state index in [0.717, 1.165) is 22.7 Å². The van der Waals surface area contributed by atoms with Gasteiger partial charge >= 0.3 is 0 Å². The van der Waals surface area contributed by atoms with Gasteiger partial charge in [-0.1, -0.05) is 17.7 Å². The van der Waals surface area contributed by atoms with Gasteiger partial charge in [0.25, 0.3) is 0 Å². The van der Waals surface area contributed by atoms with Crippen LogP contribution in [0.4, 0.5) is 0 Å². The molecule has 132 valence electrons. The van der Waals surface area contributed by atoms with Crippen LogP contribution < -0.4 is 0 Å². The van der Waals surface area contributed by atoms with Crippen molar-refractivity contribution in [3.05, 3.63) is 64.1 Å². The lowest BCUT2D eigenvalue weighted by Gasteiger charge is -2.32. The molecule has 26 heavy (non-hydrogen) atoms. The molecule has 2 aromatic heterocycles. The average molecular weight is 364 g/mol. The molecule has 3 nitrogen and oxygen atoms in total. The first kappa shape index (κ1) is 16.1. The van der Waals surface area contributed by atoms with Gasteiger partial charge in [0.15, 0.2) is 0 Å². The lowest BCUT2D eigenvalue weighted by atomic mass is 9.97. The second kappa shape index (κ2) is 5.97. The number of fused-ring (bicyclic) bond motifs is 6. The largest absolute Gasteiger partial charge is 0.320 e. The van der Waals surface area contributed by atoms with Crippen LogP contribution in [0.5, 0.6) is 0 Å². The van der Waals surface area contributed by atoms with Crippen molar-refractivity contribution in [1.82, 2.24) is 14.5 Å². The molecule has 2 aliphatic rings. The molecule has 0 N–H and O–H groups in total. The average Bonchev–Trinajstić information content (AvgIpc) is 3.04. The number of halogens is 1. The van der Waals surface area contributed by atoms with E-state index < -0.39 is 0 Å². The highest BCUT2D eigenvalue weighted by Gasteiger charge is 2.40. The quantitative estimate of drug-likeness (QED) is 0.614. The first-order valence-corrected chi connectivity index (χ1v) is 9.64. The summed E-state index contributed by atoms with van der Waals surface area (Å²) in [6.07, 6.45) is 9.91. The van der Waals surface area contributed by atoms with E-state index in [-0.39, 0.29) is 0 Å². The van der Waals surface area contributed by atoms with E-state index >= 15 is 0 Å². The Morgan fingerprint density at radius 1 is 1.19 bits per heavy atom. The Bertz CT molecular complexity index is 1020. The first-order chi connectivity index (χ1) is 12.6. The van der Waals surface area contributed by atoms with Crippen molar-refractivity contribution in [3.8, 4) is 0 Å². The van der Waals surface area contributed by atoms with Crippen molar-refractivity contribution >= 4 is 34.8 Å². The minimum Gasteiger partial charge on any atom is -0.320 e. The molecule has 4 heterocycles. The van der Waals surface area contributed by atoms with E-state index in [1.807, 2.05) is 19.2 Å². The maximum Gasteiger partial charge on any atom is 0.0529 e. The lowest BCUT2D eigenvalue weighted by molar-refractivity contribution is 0.223. The number of aryl methyl sites for hydroxylation is 1. The van der Waals surface area contributed by atoms with Crippen LogP contribution in [0.1, 0.15) is 41.4 Å². The zero-order valence-electron chi connectivity index (χ0n) is 15.1. The molecular weight excluding hydrogens is 342 g/mol. The van der Waals surface area contributed by atoms with Crippen LogP contribution in [0.15, 0.2) is 36.5 Å². The fourth-order valence-electron chi connectivity index (χ4n) is 4.68. The number of likely N-dealkylation sites (N-methyl/N-ethyl adjacent to an activating group) is 1. The zero-order chi connectivity index (χ0) is 17.8. The van der Waals surface area contributed by atoms with Gasteiger partial charge in [0.2, 0.25) is 0 Å². The summed E-state index contributed by atoms with van der Waals surface area (Å²) in [5, 5.41) is 2.11. The van der Waals surface area contributed by atoms with Crippen LogP contribution >= 0.6 is 11.6 Å². The molecule has 1 fully saturated rings. The fraction of sp³-hybridized carbons (Fsp3) is 0.318. The van der Waals surface area contributed by atoms with E-state index in [2.05, 4.69) is 58.0 Å². The van der Waals surface area contributed by atoms with Crippen LogP contribution in [0.2, 0.25) is 5.02 Å². The molecule has 1 aromatic carbocycles. The highest BCUT2D eigenvalue weighted by molar-refractivity contribution is 6.31. The number of hydrogen-bond acceptors (Lipinski definition) is 2.